The molecule has 0 fully saturated rings. The third-order valence-corrected chi connectivity index (χ3v) is 4.40. The van der Waals surface area contributed by atoms with Crippen LogP contribution >= 0.6 is 0 Å². The van der Waals surface area contributed by atoms with Crippen molar-refractivity contribution in [1.29, 1.82) is 0 Å². The SMILES string of the molecule is [B]c1cccc2c1Oc1cc3ccccc3c3cccc-2c13. The Morgan fingerprint density at radius 2 is 1.50 bits per heavy atom. The lowest BCUT2D eigenvalue weighted by molar-refractivity contribution is 0.491. The maximum Gasteiger partial charge on any atom is 0.136 e. The van der Waals surface area contributed by atoms with E-state index in [1.807, 2.05) is 12.1 Å². The second-order valence-electron chi connectivity index (χ2n) is 5.65. The maximum atomic E-state index is 6.16. The Balaban J connectivity index is 2.02. The molecule has 0 aromatic heterocycles. The van der Waals surface area contributed by atoms with Crippen LogP contribution in [0.1, 0.15) is 0 Å². The van der Waals surface area contributed by atoms with Gasteiger partial charge in [-0.1, -0.05) is 66.1 Å². The highest BCUT2D eigenvalue weighted by atomic mass is 16.5. The van der Waals surface area contributed by atoms with Crippen LogP contribution in [0, 0.1) is 0 Å². The van der Waals surface area contributed by atoms with Gasteiger partial charge in [0.25, 0.3) is 0 Å². The fraction of sp³-hybridized carbons (Fsp3) is 0. The van der Waals surface area contributed by atoms with Gasteiger partial charge < -0.3 is 4.74 Å². The first kappa shape index (κ1) is 11.9. The predicted octanol–water partition coefficient (Wildman–Crippen LogP) is 4.56. The number of para-hydroxylation sites is 1. The molecule has 22 heavy (non-hydrogen) atoms. The molecule has 0 aliphatic carbocycles. The van der Waals surface area contributed by atoms with E-state index in [4.69, 9.17) is 12.6 Å². The number of benzene rings is 4. The molecule has 0 amide bonds. The van der Waals surface area contributed by atoms with Gasteiger partial charge in [0.05, 0.1) is 0 Å². The third-order valence-electron chi connectivity index (χ3n) is 4.40. The molecule has 1 aliphatic heterocycles. The zero-order chi connectivity index (χ0) is 14.7. The summed E-state index contributed by atoms with van der Waals surface area (Å²) in [6.45, 7) is 0. The summed E-state index contributed by atoms with van der Waals surface area (Å²) in [5.41, 5.74) is 2.92. The van der Waals surface area contributed by atoms with E-state index >= 15 is 0 Å². The summed E-state index contributed by atoms with van der Waals surface area (Å²) in [6.07, 6.45) is 0. The number of ether oxygens (including phenoxy) is 1. The van der Waals surface area contributed by atoms with Gasteiger partial charge in [0.15, 0.2) is 0 Å². The van der Waals surface area contributed by atoms with Crippen LogP contribution in [0.5, 0.6) is 11.5 Å². The van der Waals surface area contributed by atoms with Crippen molar-refractivity contribution in [1.82, 2.24) is 0 Å². The van der Waals surface area contributed by atoms with Crippen LogP contribution in [0.4, 0.5) is 0 Å². The molecule has 0 saturated heterocycles. The Labute approximate surface area is 129 Å². The minimum Gasteiger partial charge on any atom is -0.457 e. The first-order valence-electron chi connectivity index (χ1n) is 7.34. The number of hydrogen-bond acceptors (Lipinski definition) is 1. The van der Waals surface area contributed by atoms with E-state index in [0.717, 1.165) is 17.1 Å². The van der Waals surface area contributed by atoms with E-state index < -0.39 is 0 Å². The Bertz CT molecular complexity index is 1070. The van der Waals surface area contributed by atoms with Crippen molar-refractivity contribution in [3.63, 3.8) is 0 Å². The Morgan fingerprint density at radius 1 is 0.727 bits per heavy atom. The van der Waals surface area contributed by atoms with Crippen molar-refractivity contribution in [2.75, 3.05) is 0 Å². The summed E-state index contributed by atoms with van der Waals surface area (Å²) in [5.74, 6) is 1.65. The topological polar surface area (TPSA) is 9.23 Å². The Hall–Kier alpha value is -2.74. The fourth-order valence-electron chi connectivity index (χ4n) is 3.42. The molecule has 0 bridgehead atoms. The van der Waals surface area contributed by atoms with Crippen LogP contribution in [0.3, 0.4) is 0 Å². The van der Waals surface area contributed by atoms with Gasteiger partial charge in [-0.15, -0.1) is 0 Å². The second-order valence-corrected chi connectivity index (χ2v) is 5.65. The normalized spacial score (nSPS) is 12.2. The molecular weight excluding hydrogens is 267 g/mol. The smallest absolute Gasteiger partial charge is 0.136 e. The van der Waals surface area contributed by atoms with Gasteiger partial charge in [0.2, 0.25) is 0 Å². The van der Waals surface area contributed by atoms with Gasteiger partial charge in [-0.3, -0.25) is 0 Å². The number of hydrogen-bond donors (Lipinski definition) is 0. The van der Waals surface area contributed by atoms with Gasteiger partial charge in [-0.05, 0) is 27.8 Å². The van der Waals surface area contributed by atoms with E-state index in [0.29, 0.717) is 5.46 Å². The van der Waals surface area contributed by atoms with Gasteiger partial charge >= 0.3 is 0 Å². The fourth-order valence-corrected chi connectivity index (χ4v) is 3.42. The maximum absolute atomic E-state index is 6.16. The summed E-state index contributed by atoms with van der Waals surface area (Å²) in [4.78, 5) is 0. The molecule has 4 aromatic carbocycles. The highest BCUT2D eigenvalue weighted by molar-refractivity contribution is 6.35. The molecule has 0 atom stereocenters. The number of fused-ring (bicyclic) bond motifs is 4. The average Bonchev–Trinajstić information content (AvgIpc) is 2.56. The molecule has 0 spiro atoms. The van der Waals surface area contributed by atoms with Crippen molar-refractivity contribution < 1.29 is 4.74 Å². The highest BCUT2D eigenvalue weighted by Gasteiger charge is 2.21. The van der Waals surface area contributed by atoms with Crippen molar-refractivity contribution in [2.24, 2.45) is 0 Å². The molecule has 0 unspecified atom stereocenters. The zero-order valence-electron chi connectivity index (χ0n) is 11.8. The van der Waals surface area contributed by atoms with Crippen LogP contribution in [0.25, 0.3) is 32.7 Å². The van der Waals surface area contributed by atoms with E-state index in [1.54, 1.807) is 0 Å². The summed E-state index contributed by atoms with van der Waals surface area (Å²) in [7, 11) is 6.11. The molecule has 2 heteroatoms. The van der Waals surface area contributed by atoms with E-state index in [-0.39, 0.29) is 0 Å². The molecular formula is C20H11BO. The summed E-state index contributed by atoms with van der Waals surface area (Å²) >= 11 is 0. The van der Waals surface area contributed by atoms with E-state index in [9.17, 15) is 0 Å². The summed E-state index contributed by atoms with van der Waals surface area (Å²) in [5, 5.41) is 4.82. The van der Waals surface area contributed by atoms with Crippen molar-refractivity contribution in [3.05, 3.63) is 66.7 Å². The van der Waals surface area contributed by atoms with Gasteiger partial charge in [-0.25, -0.2) is 0 Å². The monoisotopic (exact) mass is 278 g/mol. The van der Waals surface area contributed by atoms with E-state index in [2.05, 4.69) is 54.6 Å². The van der Waals surface area contributed by atoms with Crippen LogP contribution in [-0.4, -0.2) is 7.85 Å². The van der Waals surface area contributed by atoms with Gasteiger partial charge in [0, 0.05) is 10.9 Å². The number of rotatable bonds is 0. The van der Waals surface area contributed by atoms with Crippen LogP contribution < -0.4 is 10.2 Å². The molecule has 1 nitrogen and oxygen atoms in total. The Kier molecular flexibility index (Phi) is 2.23. The lowest BCUT2D eigenvalue weighted by Gasteiger charge is -2.23. The average molecular weight is 278 g/mol. The highest BCUT2D eigenvalue weighted by Crippen LogP contribution is 2.47. The van der Waals surface area contributed by atoms with Crippen LogP contribution in [-0.2, 0) is 0 Å². The van der Waals surface area contributed by atoms with Crippen LogP contribution in [0.15, 0.2) is 66.7 Å². The lowest BCUT2D eigenvalue weighted by atomic mass is 9.86. The summed E-state index contributed by atoms with van der Waals surface area (Å²) in [6, 6.07) is 22.8. The first-order chi connectivity index (χ1) is 10.8. The van der Waals surface area contributed by atoms with Gasteiger partial charge in [-0.2, -0.15) is 0 Å². The molecule has 100 valence electrons. The van der Waals surface area contributed by atoms with Gasteiger partial charge in [0.1, 0.15) is 19.3 Å². The quantitative estimate of drug-likeness (QED) is 0.298. The molecule has 5 rings (SSSR count). The summed E-state index contributed by atoms with van der Waals surface area (Å²) < 4.78 is 6.16. The van der Waals surface area contributed by atoms with E-state index in [1.165, 1.54) is 27.1 Å². The predicted molar refractivity (Wildman–Crippen MR) is 92.4 cm³/mol. The molecule has 0 saturated carbocycles. The molecule has 4 aromatic rings. The zero-order valence-corrected chi connectivity index (χ0v) is 11.8. The standard InChI is InChI=1S/C20H11BO/c21-17-10-4-9-16-15-8-3-7-14-13-6-2-1-5-12(13)11-18(19(14)15)22-20(16)17/h1-11H. The Morgan fingerprint density at radius 3 is 2.45 bits per heavy atom. The molecule has 1 aliphatic rings. The van der Waals surface area contributed by atoms with Crippen LogP contribution in [0.2, 0.25) is 0 Å². The van der Waals surface area contributed by atoms with Crippen molar-refractivity contribution in [2.45, 2.75) is 0 Å². The minimum atomic E-state index is 0.674. The molecule has 0 N–H and O–H groups in total. The third kappa shape index (κ3) is 1.44. The molecule has 2 radical (unpaired) electrons. The lowest BCUT2D eigenvalue weighted by Crippen LogP contribution is -2.10. The second kappa shape index (κ2) is 4.14. The minimum absolute atomic E-state index is 0.674. The van der Waals surface area contributed by atoms with Crippen molar-refractivity contribution >= 4 is 34.9 Å². The van der Waals surface area contributed by atoms with Crippen molar-refractivity contribution in [3.8, 4) is 22.6 Å². The largest absolute Gasteiger partial charge is 0.457 e. The first-order valence-corrected chi connectivity index (χ1v) is 7.34. The molecule has 1 heterocycles.